The molecule has 0 bridgehead atoms. The van der Waals surface area contributed by atoms with Gasteiger partial charge in [-0.05, 0) is 78.6 Å². The highest BCUT2D eigenvalue weighted by atomic mass is 35.5. The molecule has 1 saturated heterocycles. The molecular formula is C30H30ClN5O2S. The Balaban J connectivity index is 1.10. The van der Waals surface area contributed by atoms with Gasteiger partial charge in [-0.15, -0.1) is 0 Å². The number of rotatable bonds is 9. The fourth-order valence-electron chi connectivity index (χ4n) is 4.81. The van der Waals surface area contributed by atoms with Crippen LogP contribution in [0.25, 0.3) is 11.1 Å². The zero-order chi connectivity index (χ0) is 27.2. The predicted octanol–water partition coefficient (Wildman–Crippen LogP) is 6.44. The van der Waals surface area contributed by atoms with Gasteiger partial charge in [0.25, 0.3) is 5.91 Å². The first kappa shape index (κ1) is 26.7. The molecule has 9 heteroatoms. The standard InChI is InChI=1S/C30H30ClN5O2S/c31-26-16-24(10-11-27(26)33-17-21-12-14-36(19-21)18-20-4-2-1-3-5-20)35-30(39)34-23-8-6-22(7-9-23)25-13-15-38-28(25)29(32)37/h1-11,13,15-16,21,33H,12,14,17-19H2,(H2,32,37)(H2,34,35,39). The summed E-state index contributed by atoms with van der Waals surface area (Å²) in [5.74, 6) is 0.115. The minimum atomic E-state index is -0.605. The zero-order valence-corrected chi connectivity index (χ0v) is 22.9. The van der Waals surface area contributed by atoms with Gasteiger partial charge in [-0.25, -0.2) is 0 Å². The summed E-state index contributed by atoms with van der Waals surface area (Å²) in [6.45, 7) is 4.07. The Bertz CT molecular complexity index is 1440. The van der Waals surface area contributed by atoms with E-state index < -0.39 is 5.91 Å². The number of carbonyl (C=O) groups excluding carboxylic acids is 1. The molecule has 39 heavy (non-hydrogen) atoms. The Morgan fingerprint density at radius 3 is 2.51 bits per heavy atom. The molecule has 1 amide bonds. The largest absolute Gasteiger partial charge is 0.459 e. The van der Waals surface area contributed by atoms with Crippen molar-refractivity contribution < 1.29 is 9.21 Å². The van der Waals surface area contributed by atoms with Crippen molar-refractivity contribution in [1.29, 1.82) is 0 Å². The number of likely N-dealkylation sites (tertiary alicyclic amines) is 1. The van der Waals surface area contributed by atoms with Crippen molar-refractivity contribution in [3.63, 3.8) is 0 Å². The molecule has 1 aliphatic rings. The molecular weight excluding hydrogens is 530 g/mol. The van der Waals surface area contributed by atoms with Crippen molar-refractivity contribution in [2.75, 3.05) is 35.6 Å². The highest BCUT2D eigenvalue weighted by Crippen LogP contribution is 2.28. The van der Waals surface area contributed by atoms with Gasteiger partial charge in [0.15, 0.2) is 10.9 Å². The van der Waals surface area contributed by atoms with E-state index >= 15 is 0 Å². The van der Waals surface area contributed by atoms with Gasteiger partial charge in [0, 0.05) is 36.6 Å². The van der Waals surface area contributed by atoms with Crippen LogP contribution in [0.5, 0.6) is 0 Å². The maximum atomic E-state index is 11.5. The smallest absolute Gasteiger partial charge is 0.285 e. The second-order valence-corrected chi connectivity index (χ2v) is 10.5. The van der Waals surface area contributed by atoms with Crippen LogP contribution < -0.4 is 21.7 Å². The lowest BCUT2D eigenvalue weighted by atomic mass is 10.1. The van der Waals surface area contributed by atoms with Crippen LogP contribution in [0.2, 0.25) is 5.02 Å². The lowest BCUT2D eigenvalue weighted by Gasteiger charge is -2.17. The lowest BCUT2D eigenvalue weighted by Crippen LogP contribution is -2.22. The van der Waals surface area contributed by atoms with E-state index in [2.05, 4.69) is 51.2 Å². The molecule has 1 aliphatic heterocycles. The van der Waals surface area contributed by atoms with Gasteiger partial charge in [-0.2, -0.15) is 0 Å². The number of anilines is 3. The number of nitrogens with two attached hydrogens (primary N) is 1. The number of furan rings is 1. The number of hydrogen-bond donors (Lipinski definition) is 4. The molecule has 4 aromatic rings. The number of carbonyl (C=O) groups is 1. The number of halogens is 1. The van der Waals surface area contributed by atoms with Crippen LogP contribution in [0.1, 0.15) is 22.5 Å². The third kappa shape index (κ3) is 6.97. The summed E-state index contributed by atoms with van der Waals surface area (Å²) in [7, 11) is 0. The predicted molar refractivity (Wildman–Crippen MR) is 162 cm³/mol. The average molecular weight is 560 g/mol. The van der Waals surface area contributed by atoms with Gasteiger partial charge >= 0.3 is 0 Å². The van der Waals surface area contributed by atoms with Crippen LogP contribution in [0, 0.1) is 5.92 Å². The Morgan fingerprint density at radius 2 is 1.77 bits per heavy atom. The first-order chi connectivity index (χ1) is 18.9. The van der Waals surface area contributed by atoms with Crippen molar-refractivity contribution in [1.82, 2.24) is 4.90 Å². The number of nitrogens with one attached hydrogen (secondary N) is 3. The van der Waals surface area contributed by atoms with Crippen LogP contribution in [-0.4, -0.2) is 35.6 Å². The first-order valence-corrected chi connectivity index (χ1v) is 13.6. The fraction of sp³-hybridized carbons (Fsp3) is 0.200. The quantitative estimate of drug-likeness (QED) is 0.175. The number of thiocarbonyl (C=S) groups is 1. The normalized spacial score (nSPS) is 15.2. The highest BCUT2D eigenvalue weighted by molar-refractivity contribution is 7.80. The van der Waals surface area contributed by atoms with E-state index in [1.54, 1.807) is 6.07 Å². The monoisotopic (exact) mass is 559 g/mol. The van der Waals surface area contributed by atoms with Gasteiger partial charge in [0.1, 0.15) is 0 Å². The number of nitrogens with zero attached hydrogens (tertiary/aromatic N) is 1. The molecule has 5 N–H and O–H groups in total. The SMILES string of the molecule is NC(=O)c1occc1-c1ccc(NC(=S)Nc2ccc(NCC3CCN(Cc4ccccc4)C3)c(Cl)c2)cc1. The van der Waals surface area contributed by atoms with E-state index in [4.69, 9.17) is 34.0 Å². The van der Waals surface area contributed by atoms with Crippen molar-refractivity contribution in [3.05, 3.63) is 101 Å². The van der Waals surface area contributed by atoms with E-state index in [0.717, 1.165) is 48.8 Å². The molecule has 0 spiro atoms. The summed E-state index contributed by atoms with van der Waals surface area (Å²) in [5, 5.41) is 10.9. The number of amides is 1. The molecule has 200 valence electrons. The van der Waals surface area contributed by atoms with Crippen LogP contribution >= 0.6 is 23.8 Å². The van der Waals surface area contributed by atoms with Crippen LogP contribution in [0.15, 0.2) is 89.5 Å². The number of hydrogen-bond acceptors (Lipinski definition) is 5. The third-order valence-corrected chi connectivity index (χ3v) is 7.29. The summed E-state index contributed by atoms with van der Waals surface area (Å²) in [5.41, 5.74) is 10.7. The van der Waals surface area contributed by atoms with Crippen LogP contribution in [0.4, 0.5) is 17.1 Å². The molecule has 1 aromatic heterocycles. The van der Waals surface area contributed by atoms with E-state index in [9.17, 15) is 4.79 Å². The summed E-state index contributed by atoms with van der Waals surface area (Å²) < 4.78 is 5.19. The molecule has 1 fully saturated rings. The van der Waals surface area contributed by atoms with Crippen molar-refractivity contribution in [2.45, 2.75) is 13.0 Å². The number of primary amides is 1. The molecule has 1 atom stereocenters. The maximum absolute atomic E-state index is 11.5. The second kappa shape index (κ2) is 12.3. The number of benzene rings is 3. The molecule has 1 unspecified atom stereocenters. The summed E-state index contributed by atoms with van der Waals surface area (Å²) >= 11 is 12.1. The van der Waals surface area contributed by atoms with Gasteiger partial charge in [0.05, 0.1) is 17.0 Å². The third-order valence-electron chi connectivity index (χ3n) is 6.77. The van der Waals surface area contributed by atoms with Crippen molar-refractivity contribution in [3.8, 4) is 11.1 Å². The fourth-order valence-corrected chi connectivity index (χ4v) is 5.29. The molecule has 3 aromatic carbocycles. The Morgan fingerprint density at radius 1 is 1.03 bits per heavy atom. The lowest BCUT2D eigenvalue weighted by molar-refractivity contribution is 0.0975. The summed E-state index contributed by atoms with van der Waals surface area (Å²) in [4.78, 5) is 14.0. The minimum absolute atomic E-state index is 0.135. The van der Waals surface area contributed by atoms with Gasteiger partial charge < -0.3 is 26.1 Å². The topological polar surface area (TPSA) is 95.6 Å². The average Bonchev–Trinajstić information content (AvgIpc) is 3.59. The minimum Gasteiger partial charge on any atom is -0.459 e. The molecule has 0 saturated carbocycles. The summed E-state index contributed by atoms with van der Waals surface area (Å²) in [6.07, 6.45) is 2.62. The Labute approximate surface area is 238 Å². The van der Waals surface area contributed by atoms with E-state index in [-0.39, 0.29) is 5.76 Å². The van der Waals surface area contributed by atoms with E-state index in [1.165, 1.54) is 18.2 Å². The van der Waals surface area contributed by atoms with E-state index in [1.807, 2.05) is 42.5 Å². The van der Waals surface area contributed by atoms with Crippen molar-refractivity contribution >= 4 is 51.9 Å². The van der Waals surface area contributed by atoms with Gasteiger partial charge in [0.2, 0.25) is 0 Å². The van der Waals surface area contributed by atoms with Crippen LogP contribution in [-0.2, 0) is 6.54 Å². The van der Waals surface area contributed by atoms with Crippen LogP contribution in [0.3, 0.4) is 0 Å². The molecule has 5 rings (SSSR count). The second-order valence-electron chi connectivity index (χ2n) is 9.64. The molecule has 0 aliphatic carbocycles. The molecule has 2 heterocycles. The molecule has 0 radical (unpaired) electrons. The van der Waals surface area contributed by atoms with Gasteiger partial charge in [-0.1, -0.05) is 54.1 Å². The maximum Gasteiger partial charge on any atom is 0.285 e. The molecule has 7 nitrogen and oxygen atoms in total. The summed E-state index contributed by atoms with van der Waals surface area (Å²) in [6, 6.07) is 25.6. The van der Waals surface area contributed by atoms with Crippen molar-refractivity contribution in [2.24, 2.45) is 11.7 Å². The van der Waals surface area contributed by atoms with Gasteiger partial charge in [-0.3, -0.25) is 9.69 Å². The first-order valence-electron chi connectivity index (χ1n) is 12.8. The Kier molecular flexibility index (Phi) is 8.46. The highest BCUT2D eigenvalue weighted by Gasteiger charge is 2.22. The van der Waals surface area contributed by atoms with E-state index in [0.29, 0.717) is 21.6 Å². The zero-order valence-electron chi connectivity index (χ0n) is 21.3. The Hall–Kier alpha value is -3.85.